The van der Waals surface area contributed by atoms with Crippen molar-refractivity contribution in [3.8, 4) is 5.75 Å². The van der Waals surface area contributed by atoms with E-state index in [1.54, 1.807) is 0 Å². The van der Waals surface area contributed by atoms with E-state index in [9.17, 15) is 23.2 Å². The van der Waals surface area contributed by atoms with Crippen LogP contribution in [-0.4, -0.2) is 24.3 Å². The summed E-state index contributed by atoms with van der Waals surface area (Å²) in [7, 11) is 0. The highest BCUT2D eigenvalue weighted by molar-refractivity contribution is 5.94. The molecule has 0 aromatic heterocycles. The molecule has 5 nitrogen and oxygen atoms in total. The highest BCUT2D eigenvalue weighted by Crippen LogP contribution is 2.38. The van der Waals surface area contributed by atoms with Gasteiger partial charge in [-0.05, 0) is 24.3 Å². The number of benzene rings is 1. The monoisotopic (exact) mass is 329 g/mol. The van der Waals surface area contributed by atoms with Crippen LogP contribution in [0.3, 0.4) is 0 Å². The Morgan fingerprint density at radius 3 is 2.83 bits per heavy atom. The van der Waals surface area contributed by atoms with Crippen molar-refractivity contribution in [1.29, 1.82) is 0 Å². The van der Waals surface area contributed by atoms with Crippen LogP contribution in [-0.2, 0) is 15.7 Å². The fourth-order valence-electron chi connectivity index (χ4n) is 1.95. The maximum Gasteiger partial charge on any atom is 0.420 e. The predicted molar refractivity (Wildman–Crippen MR) is 75.0 cm³/mol. The molecule has 124 valence electrons. The molecule has 0 saturated heterocycles. The summed E-state index contributed by atoms with van der Waals surface area (Å²) in [6.45, 7) is 3.29. The number of hydrogen-bond donors (Lipinski definition) is 1. The number of hydroxylamine groups is 1. The van der Waals surface area contributed by atoms with Crippen LogP contribution in [0.4, 0.5) is 18.9 Å². The van der Waals surface area contributed by atoms with Gasteiger partial charge in [0.1, 0.15) is 19.0 Å². The Labute approximate surface area is 130 Å². The van der Waals surface area contributed by atoms with Crippen LogP contribution < -0.4 is 9.80 Å². The van der Waals surface area contributed by atoms with Crippen molar-refractivity contribution < 1.29 is 32.6 Å². The van der Waals surface area contributed by atoms with Gasteiger partial charge in [-0.1, -0.05) is 12.7 Å². The summed E-state index contributed by atoms with van der Waals surface area (Å²) in [5.41, 5.74) is -1.41. The lowest BCUT2D eigenvalue weighted by molar-refractivity contribution is -0.139. The minimum atomic E-state index is -4.70. The van der Waals surface area contributed by atoms with Crippen LogP contribution in [0.15, 0.2) is 43.2 Å². The number of amides is 1. The Hall–Kier alpha value is -2.48. The molecule has 1 aliphatic heterocycles. The van der Waals surface area contributed by atoms with Crippen LogP contribution in [0.5, 0.6) is 5.75 Å². The first kappa shape index (κ1) is 16.9. The van der Waals surface area contributed by atoms with Gasteiger partial charge >= 0.3 is 6.18 Å². The Balaban J connectivity index is 2.30. The van der Waals surface area contributed by atoms with Crippen LogP contribution in [0, 0.1) is 5.92 Å². The molecule has 1 atom stereocenters. The number of halogens is 3. The smallest absolute Gasteiger partial charge is 0.420 e. The summed E-state index contributed by atoms with van der Waals surface area (Å²) in [6, 6.07) is 2.85. The second-order valence-corrected chi connectivity index (χ2v) is 4.70. The van der Waals surface area contributed by atoms with Gasteiger partial charge in [0.15, 0.2) is 0 Å². The topological polar surface area (TPSA) is 59.0 Å². The van der Waals surface area contributed by atoms with Gasteiger partial charge in [-0.3, -0.25) is 10.0 Å². The van der Waals surface area contributed by atoms with Gasteiger partial charge in [0.05, 0.1) is 23.4 Å². The van der Waals surface area contributed by atoms with E-state index in [1.165, 1.54) is 18.4 Å². The molecule has 0 radical (unpaired) electrons. The fraction of sp³-hybridized carbons (Fsp3) is 0.267. The van der Waals surface area contributed by atoms with Crippen molar-refractivity contribution >= 4 is 11.6 Å². The molecule has 1 amide bonds. The number of alkyl halides is 3. The first-order valence-electron chi connectivity index (χ1n) is 6.60. The molecule has 1 aromatic carbocycles. The zero-order valence-corrected chi connectivity index (χ0v) is 11.9. The summed E-state index contributed by atoms with van der Waals surface area (Å²) >= 11 is 0. The average Bonchev–Trinajstić information content (AvgIpc) is 3.04. The number of carbonyl (C=O) groups excluding carboxylic acids is 1. The van der Waals surface area contributed by atoms with E-state index >= 15 is 0 Å². The standard InChI is InChI=1S/C15H14F3NO4/c1-2-6-23-13-4-3-11(8-12(13)15(16,17)18)19(21)14(20)10-5-7-22-9-10/h2-5,7-8,10,21H,1,6,9H2/t10-/m1/s1. The number of hydrogen-bond acceptors (Lipinski definition) is 4. The zero-order valence-electron chi connectivity index (χ0n) is 11.9. The second-order valence-electron chi connectivity index (χ2n) is 4.70. The molecule has 0 fully saturated rings. The molecular weight excluding hydrogens is 315 g/mol. The highest BCUT2D eigenvalue weighted by atomic mass is 19.4. The van der Waals surface area contributed by atoms with Crippen molar-refractivity contribution in [3.63, 3.8) is 0 Å². The molecule has 0 saturated carbocycles. The van der Waals surface area contributed by atoms with E-state index in [0.717, 1.165) is 12.1 Å². The summed E-state index contributed by atoms with van der Waals surface area (Å²) in [5, 5.41) is 10.1. The minimum Gasteiger partial charge on any atom is -0.500 e. The first-order chi connectivity index (χ1) is 10.8. The molecule has 1 aromatic rings. The average molecular weight is 329 g/mol. The molecule has 0 spiro atoms. The lowest BCUT2D eigenvalue weighted by Gasteiger charge is -2.20. The third-order valence-corrected chi connectivity index (χ3v) is 3.08. The number of anilines is 1. The van der Waals surface area contributed by atoms with Crippen LogP contribution in [0.2, 0.25) is 0 Å². The third-order valence-electron chi connectivity index (χ3n) is 3.08. The van der Waals surface area contributed by atoms with Gasteiger partial charge < -0.3 is 9.47 Å². The Morgan fingerprint density at radius 2 is 2.26 bits per heavy atom. The van der Waals surface area contributed by atoms with E-state index < -0.39 is 29.3 Å². The quantitative estimate of drug-likeness (QED) is 0.512. The van der Waals surface area contributed by atoms with Gasteiger partial charge in [-0.15, -0.1) is 0 Å². The lowest BCUT2D eigenvalue weighted by atomic mass is 10.1. The third kappa shape index (κ3) is 3.84. The number of carbonyl (C=O) groups is 1. The molecule has 1 N–H and O–H groups in total. The van der Waals surface area contributed by atoms with E-state index in [2.05, 4.69) is 6.58 Å². The fourth-order valence-corrected chi connectivity index (χ4v) is 1.95. The molecule has 8 heteroatoms. The number of ether oxygens (including phenoxy) is 2. The predicted octanol–water partition coefficient (Wildman–Crippen LogP) is 3.15. The maximum absolute atomic E-state index is 13.1. The van der Waals surface area contributed by atoms with Crippen molar-refractivity contribution in [3.05, 3.63) is 48.8 Å². The normalized spacial score (nSPS) is 16.8. The minimum absolute atomic E-state index is 0.0303. The SMILES string of the molecule is C=CCOc1ccc(N(O)C(=O)[C@@H]2C=COC2)cc1C(F)(F)F. The van der Waals surface area contributed by atoms with Gasteiger partial charge in [0, 0.05) is 0 Å². The largest absolute Gasteiger partial charge is 0.500 e. The van der Waals surface area contributed by atoms with Crippen LogP contribution >= 0.6 is 0 Å². The van der Waals surface area contributed by atoms with E-state index in [4.69, 9.17) is 9.47 Å². The van der Waals surface area contributed by atoms with Crippen molar-refractivity contribution in [2.45, 2.75) is 6.18 Å². The van der Waals surface area contributed by atoms with Gasteiger partial charge in [0.25, 0.3) is 5.91 Å². The molecule has 23 heavy (non-hydrogen) atoms. The van der Waals surface area contributed by atoms with Gasteiger partial charge in [0.2, 0.25) is 0 Å². The summed E-state index contributed by atoms with van der Waals surface area (Å²) in [5.74, 6) is -1.94. The molecule has 2 rings (SSSR count). The van der Waals surface area contributed by atoms with E-state index in [-0.39, 0.29) is 24.0 Å². The first-order valence-corrected chi connectivity index (χ1v) is 6.60. The van der Waals surface area contributed by atoms with E-state index in [0.29, 0.717) is 6.07 Å². The highest BCUT2D eigenvalue weighted by Gasteiger charge is 2.36. The summed E-state index contributed by atoms with van der Waals surface area (Å²) in [4.78, 5) is 12.0. The molecule has 0 bridgehead atoms. The van der Waals surface area contributed by atoms with Crippen molar-refractivity contribution in [2.24, 2.45) is 5.92 Å². The van der Waals surface area contributed by atoms with E-state index in [1.807, 2.05) is 0 Å². The molecule has 0 aliphatic carbocycles. The van der Waals surface area contributed by atoms with Crippen LogP contribution in [0.1, 0.15) is 5.56 Å². The van der Waals surface area contributed by atoms with Gasteiger partial charge in [-0.25, -0.2) is 0 Å². The summed E-state index contributed by atoms with van der Waals surface area (Å²) < 4.78 is 49.1. The van der Waals surface area contributed by atoms with Gasteiger partial charge in [-0.2, -0.15) is 18.2 Å². The molecule has 0 unspecified atom stereocenters. The molecule has 1 aliphatic rings. The Morgan fingerprint density at radius 1 is 1.52 bits per heavy atom. The molecular formula is C15H14F3NO4. The number of rotatable bonds is 5. The maximum atomic E-state index is 13.1. The second kappa shape index (κ2) is 6.74. The zero-order chi connectivity index (χ0) is 17.0. The number of nitrogens with zero attached hydrogens (tertiary/aromatic N) is 1. The van der Waals surface area contributed by atoms with Crippen molar-refractivity contribution in [2.75, 3.05) is 18.3 Å². The Kier molecular flexibility index (Phi) is 4.95. The molecule has 1 heterocycles. The van der Waals surface area contributed by atoms with Crippen LogP contribution in [0.25, 0.3) is 0 Å². The summed E-state index contributed by atoms with van der Waals surface area (Å²) in [6.07, 6.45) is -0.684. The lowest BCUT2D eigenvalue weighted by Crippen LogP contribution is -2.33. The van der Waals surface area contributed by atoms with Crippen molar-refractivity contribution in [1.82, 2.24) is 0 Å². The Bertz CT molecular complexity index is 628.